The SMILES string of the molecule is CO.CO.[CH3-].[CH3-].[Mo+2]. The van der Waals surface area contributed by atoms with Crippen LogP contribution in [0.2, 0.25) is 0 Å². The van der Waals surface area contributed by atoms with Crippen molar-refractivity contribution < 1.29 is 31.3 Å². The zero-order valence-electron chi connectivity index (χ0n) is 5.30. The fourth-order valence-corrected chi connectivity index (χ4v) is 0. The van der Waals surface area contributed by atoms with Crippen molar-refractivity contribution in [3.8, 4) is 0 Å². The Balaban J connectivity index is -0.00000000267. The van der Waals surface area contributed by atoms with Gasteiger partial charge in [0.05, 0.1) is 0 Å². The minimum Gasteiger partial charge on any atom is -0.400 e. The van der Waals surface area contributed by atoms with Crippen molar-refractivity contribution in [3.63, 3.8) is 0 Å². The van der Waals surface area contributed by atoms with Gasteiger partial charge in [0.25, 0.3) is 0 Å². The van der Waals surface area contributed by atoms with Crippen LogP contribution in [-0.2, 0) is 21.1 Å². The smallest absolute Gasteiger partial charge is 0.400 e. The van der Waals surface area contributed by atoms with Crippen LogP contribution in [0, 0.1) is 14.9 Å². The van der Waals surface area contributed by atoms with Crippen molar-refractivity contribution in [1.29, 1.82) is 0 Å². The summed E-state index contributed by atoms with van der Waals surface area (Å²) in [6.07, 6.45) is 0. The molecule has 0 aromatic rings. The van der Waals surface area contributed by atoms with Gasteiger partial charge < -0.3 is 25.1 Å². The molecule has 2 nitrogen and oxygen atoms in total. The molecule has 48 valence electrons. The number of hydrogen-bond acceptors (Lipinski definition) is 2. The van der Waals surface area contributed by atoms with Gasteiger partial charge in [-0.25, -0.2) is 0 Å². The number of hydrogen-bond donors (Lipinski definition) is 2. The van der Waals surface area contributed by atoms with E-state index in [-0.39, 0.29) is 35.9 Å². The summed E-state index contributed by atoms with van der Waals surface area (Å²) in [4.78, 5) is 0. The first-order valence-electron chi connectivity index (χ1n) is 0.894. The van der Waals surface area contributed by atoms with Crippen LogP contribution in [0.25, 0.3) is 0 Å². The molecule has 0 aliphatic carbocycles. The summed E-state index contributed by atoms with van der Waals surface area (Å²) in [5, 5.41) is 14.0. The van der Waals surface area contributed by atoms with Crippen LogP contribution in [0.3, 0.4) is 0 Å². The maximum absolute atomic E-state index is 7.00. The summed E-state index contributed by atoms with van der Waals surface area (Å²) in [7, 11) is 2.00. The second-order valence-corrected chi connectivity index (χ2v) is 0. The quantitative estimate of drug-likeness (QED) is 0.420. The molecule has 0 radical (unpaired) electrons. The van der Waals surface area contributed by atoms with E-state index in [9.17, 15) is 0 Å². The molecule has 0 rings (SSSR count). The van der Waals surface area contributed by atoms with Crippen molar-refractivity contribution in [2.75, 3.05) is 14.2 Å². The van der Waals surface area contributed by atoms with E-state index >= 15 is 0 Å². The molecule has 0 spiro atoms. The molecule has 0 bridgehead atoms. The third kappa shape index (κ3) is 379. The van der Waals surface area contributed by atoms with E-state index in [1.165, 1.54) is 0 Å². The first-order chi connectivity index (χ1) is 2.00. The van der Waals surface area contributed by atoms with Crippen molar-refractivity contribution in [2.45, 2.75) is 0 Å². The zero-order chi connectivity index (χ0) is 4.00. The van der Waals surface area contributed by atoms with E-state index in [0.717, 1.165) is 14.2 Å². The molecule has 0 saturated heterocycles. The number of aliphatic hydroxyl groups excluding tert-OH is 2. The summed E-state index contributed by atoms with van der Waals surface area (Å²) < 4.78 is 0. The predicted molar refractivity (Wildman–Crippen MR) is 29.1 cm³/mol. The molecule has 0 amide bonds. The predicted octanol–water partition coefficient (Wildman–Crippen LogP) is 0.115. The first kappa shape index (κ1) is 48.8. The molecular weight excluding hydrogens is 176 g/mol. The standard InChI is InChI=1S/2CH4O.2CH3.Mo/c2*1-2;;;/h2*2H,1H3;2*1H3;/q;;2*-1;+2. The summed E-state index contributed by atoms with van der Waals surface area (Å²) in [5.74, 6) is 0. The Kier molecular flexibility index (Phi) is 3920. The van der Waals surface area contributed by atoms with Crippen LogP contribution < -0.4 is 0 Å². The van der Waals surface area contributed by atoms with Crippen LogP contribution >= 0.6 is 0 Å². The van der Waals surface area contributed by atoms with Crippen molar-refractivity contribution >= 4 is 0 Å². The molecule has 0 atom stereocenters. The van der Waals surface area contributed by atoms with Gasteiger partial charge in [-0.05, 0) is 0 Å². The molecule has 0 aromatic carbocycles. The fourth-order valence-electron chi connectivity index (χ4n) is 0. The van der Waals surface area contributed by atoms with Gasteiger partial charge in [-0.1, -0.05) is 0 Å². The third-order valence-electron chi connectivity index (χ3n) is 0. The van der Waals surface area contributed by atoms with E-state index in [1.807, 2.05) is 0 Å². The molecular formula is C4H14MoO2. The van der Waals surface area contributed by atoms with Gasteiger partial charge in [0.1, 0.15) is 0 Å². The molecule has 7 heavy (non-hydrogen) atoms. The van der Waals surface area contributed by atoms with Gasteiger partial charge in [-0.15, -0.1) is 0 Å². The molecule has 0 heterocycles. The van der Waals surface area contributed by atoms with E-state index in [1.54, 1.807) is 0 Å². The zero-order valence-corrected chi connectivity index (χ0v) is 7.31. The Hall–Kier alpha value is 0.608. The van der Waals surface area contributed by atoms with Crippen LogP contribution in [0.5, 0.6) is 0 Å². The second-order valence-electron chi connectivity index (χ2n) is 0. The minimum absolute atomic E-state index is 0. The molecule has 0 fully saturated rings. The monoisotopic (exact) mass is 192 g/mol. The number of aliphatic hydroxyl groups is 2. The number of rotatable bonds is 0. The third-order valence-corrected chi connectivity index (χ3v) is 0. The van der Waals surface area contributed by atoms with Gasteiger partial charge >= 0.3 is 21.1 Å². The average Bonchev–Trinajstić information content (AvgIpc) is 1.50. The molecule has 0 aliphatic heterocycles. The van der Waals surface area contributed by atoms with Crippen LogP contribution in [-0.4, -0.2) is 24.4 Å². The van der Waals surface area contributed by atoms with Crippen molar-refractivity contribution in [1.82, 2.24) is 0 Å². The van der Waals surface area contributed by atoms with E-state index in [4.69, 9.17) is 10.2 Å². The van der Waals surface area contributed by atoms with Crippen LogP contribution in [0.1, 0.15) is 0 Å². The molecule has 0 aliphatic rings. The molecule has 3 heteroatoms. The molecule has 0 unspecified atom stereocenters. The Labute approximate surface area is 60.8 Å². The topological polar surface area (TPSA) is 40.5 Å². The summed E-state index contributed by atoms with van der Waals surface area (Å²) in [6, 6.07) is 0. The van der Waals surface area contributed by atoms with Gasteiger partial charge in [0.2, 0.25) is 0 Å². The minimum atomic E-state index is 0. The Morgan fingerprint density at radius 2 is 0.714 bits per heavy atom. The maximum atomic E-state index is 7.00. The first-order valence-corrected chi connectivity index (χ1v) is 0.894. The molecule has 2 N–H and O–H groups in total. The summed E-state index contributed by atoms with van der Waals surface area (Å²) in [5.41, 5.74) is 0. The largest absolute Gasteiger partial charge is 2.00 e. The van der Waals surface area contributed by atoms with E-state index in [2.05, 4.69) is 0 Å². The second kappa shape index (κ2) is 562. The van der Waals surface area contributed by atoms with Gasteiger partial charge in [0, 0.05) is 14.2 Å². The van der Waals surface area contributed by atoms with Crippen LogP contribution in [0.4, 0.5) is 0 Å². The fraction of sp³-hybridized carbons (Fsp3) is 0.500. The maximum Gasteiger partial charge on any atom is 2.00 e. The Morgan fingerprint density at radius 1 is 0.714 bits per heavy atom. The Bertz CT molecular complexity index is 9.65. The van der Waals surface area contributed by atoms with Gasteiger partial charge in [0.15, 0.2) is 0 Å². The summed E-state index contributed by atoms with van der Waals surface area (Å²) in [6.45, 7) is 0. The molecule has 0 aromatic heterocycles. The summed E-state index contributed by atoms with van der Waals surface area (Å²) >= 11 is 0. The Morgan fingerprint density at radius 3 is 0.714 bits per heavy atom. The normalized spacial score (nSPS) is 1.71. The van der Waals surface area contributed by atoms with Gasteiger partial charge in [-0.2, -0.15) is 0 Å². The molecule has 0 saturated carbocycles. The van der Waals surface area contributed by atoms with Crippen molar-refractivity contribution in [2.24, 2.45) is 0 Å². The van der Waals surface area contributed by atoms with Crippen LogP contribution in [0.15, 0.2) is 0 Å². The van der Waals surface area contributed by atoms with E-state index in [0.29, 0.717) is 0 Å². The van der Waals surface area contributed by atoms with Gasteiger partial charge in [-0.3, -0.25) is 0 Å². The van der Waals surface area contributed by atoms with E-state index < -0.39 is 0 Å². The average molecular weight is 190 g/mol. The van der Waals surface area contributed by atoms with Crippen molar-refractivity contribution in [3.05, 3.63) is 14.9 Å².